The largest absolute Gasteiger partial charge is 0.444 e. The lowest BCUT2D eigenvalue weighted by Crippen LogP contribution is -2.44. The first-order valence-corrected chi connectivity index (χ1v) is 9.21. The lowest BCUT2D eigenvalue weighted by molar-refractivity contribution is -0.138. The Kier molecular flexibility index (Phi) is 11.7. The van der Waals surface area contributed by atoms with Gasteiger partial charge in [0.2, 0.25) is 5.91 Å². The summed E-state index contributed by atoms with van der Waals surface area (Å²) in [5.41, 5.74) is -1.59. The van der Waals surface area contributed by atoms with Crippen molar-refractivity contribution in [3.05, 3.63) is 0 Å². The average Bonchev–Trinajstić information content (AvgIpc) is 2.50. The number of amides is 3. The van der Waals surface area contributed by atoms with E-state index in [1.165, 1.54) is 0 Å². The lowest BCUT2D eigenvalue weighted by Gasteiger charge is -2.27. The van der Waals surface area contributed by atoms with Crippen LogP contribution >= 0.6 is 0 Å². The zero-order valence-corrected chi connectivity index (χ0v) is 18.0. The zero-order valence-electron chi connectivity index (χ0n) is 18.0. The van der Waals surface area contributed by atoms with Crippen molar-refractivity contribution >= 4 is 18.1 Å². The first-order valence-electron chi connectivity index (χ1n) is 9.21. The second-order valence-electron chi connectivity index (χ2n) is 7.96. The lowest BCUT2D eigenvalue weighted by atomic mass is 10.2. The summed E-state index contributed by atoms with van der Waals surface area (Å²) < 4.78 is 15.2. The molecule has 0 saturated carbocycles. The molecular formula is C18H35N3O7. The van der Waals surface area contributed by atoms with E-state index in [0.29, 0.717) is 31.2 Å². The summed E-state index contributed by atoms with van der Waals surface area (Å²) >= 11 is 0. The number of carbonyl (C=O) groups excluding carboxylic acids is 3. The molecule has 10 nitrogen and oxygen atoms in total. The summed E-state index contributed by atoms with van der Waals surface area (Å²) in [6, 6.07) is 0. The van der Waals surface area contributed by atoms with E-state index in [1.54, 1.807) is 48.7 Å². The topological polar surface area (TPSA) is 115 Å². The number of nitrogens with one attached hydrogen (secondary N) is 2. The summed E-state index contributed by atoms with van der Waals surface area (Å²) in [6.07, 6.45) is -1.45. The van der Waals surface area contributed by atoms with Crippen LogP contribution in [0.4, 0.5) is 9.59 Å². The molecule has 0 saturated heterocycles. The van der Waals surface area contributed by atoms with Crippen LogP contribution in [-0.4, -0.2) is 74.3 Å². The molecule has 0 aromatic heterocycles. The smallest absolute Gasteiger partial charge is 0.442 e. The maximum atomic E-state index is 12.2. The van der Waals surface area contributed by atoms with Crippen molar-refractivity contribution in [2.75, 3.05) is 40.0 Å². The van der Waals surface area contributed by atoms with Crippen molar-refractivity contribution in [3.63, 3.8) is 0 Å². The van der Waals surface area contributed by atoms with Crippen molar-refractivity contribution < 1.29 is 33.4 Å². The van der Waals surface area contributed by atoms with E-state index in [2.05, 4.69) is 10.6 Å². The summed E-state index contributed by atoms with van der Waals surface area (Å²) in [5, 5.41) is 6.09. The van der Waals surface area contributed by atoms with Gasteiger partial charge in [0, 0.05) is 13.7 Å². The van der Waals surface area contributed by atoms with Gasteiger partial charge in [0.05, 0.1) is 19.8 Å². The Morgan fingerprint density at radius 2 is 1.39 bits per heavy atom. The fourth-order valence-corrected chi connectivity index (χ4v) is 1.70. The normalized spacial score (nSPS) is 11.7. The Morgan fingerprint density at radius 1 is 0.857 bits per heavy atom. The van der Waals surface area contributed by atoms with E-state index >= 15 is 0 Å². The molecule has 0 aliphatic carbocycles. The van der Waals surface area contributed by atoms with Crippen LogP contribution in [0.5, 0.6) is 0 Å². The van der Waals surface area contributed by atoms with Gasteiger partial charge in [0.25, 0.3) is 0 Å². The molecular weight excluding hydrogens is 370 g/mol. The minimum Gasteiger partial charge on any atom is -0.442 e. The molecule has 0 aromatic carbocycles. The van der Waals surface area contributed by atoms with Crippen molar-refractivity contribution in [2.24, 2.45) is 0 Å². The molecule has 0 radical (unpaired) electrons. The molecule has 0 bridgehead atoms. The predicted molar refractivity (Wildman–Crippen MR) is 103 cm³/mol. The van der Waals surface area contributed by atoms with E-state index in [4.69, 9.17) is 19.0 Å². The van der Waals surface area contributed by atoms with Gasteiger partial charge in [0.15, 0.2) is 0 Å². The third-order valence-electron chi connectivity index (χ3n) is 2.75. The van der Waals surface area contributed by atoms with Gasteiger partial charge in [-0.05, 0) is 54.5 Å². The number of hydroxylamine groups is 2. The molecule has 164 valence electrons. The summed E-state index contributed by atoms with van der Waals surface area (Å²) in [4.78, 5) is 41.2. The first-order chi connectivity index (χ1) is 12.9. The van der Waals surface area contributed by atoms with E-state index in [1.807, 2.05) is 0 Å². The fraction of sp³-hybridized carbons (Fsp3) is 0.833. The summed E-state index contributed by atoms with van der Waals surface area (Å²) in [7, 11) is 1.56. The molecule has 0 aliphatic rings. The van der Waals surface area contributed by atoms with Gasteiger partial charge in [-0.2, -0.15) is 0 Å². The molecule has 0 spiro atoms. The highest BCUT2D eigenvalue weighted by Crippen LogP contribution is 2.14. The van der Waals surface area contributed by atoms with Crippen LogP contribution in [0, 0.1) is 0 Å². The summed E-state index contributed by atoms with van der Waals surface area (Å²) in [6.45, 7) is 11.6. The van der Waals surface area contributed by atoms with Crippen LogP contribution in [0.1, 0.15) is 48.0 Å². The number of imide groups is 1. The average molecular weight is 405 g/mol. The van der Waals surface area contributed by atoms with Crippen molar-refractivity contribution in [3.8, 4) is 0 Å². The van der Waals surface area contributed by atoms with E-state index in [0.717, 1.165) is 0 Å². The molecule has 0 aromatic rings. The zero-order chi connectivity index (χ0) is 21.8. The van der Waals surface area contributed by atoms with Crippen LogP contribution in [0.25, 0.3) is 0 Å². The van der Waals surface area contributed by atoms with Crippen LogP contribution in [0.2, 0.25) is 0 Å². The standard InChI is InChI=1S/C18H35N3O7/c1-17(2,3)27-15(23)21(16(24)28-18(4,5)6)26-11-8-9-19-13-14(22)20-10-12-25-7/h19H,8-13H2,1-7H3,(H,20,22). The van der Waals surface area contributed by atoms with Crippen molar-refractivity contribution in [1.82, 2.24) is 15.7 Å². The van der Waals surface area contributed by atoms with Crippen molar-refractivity contribution in [2.45, 2.75) is 59.2 Å². The molecule has 0 fully saturated rings. The highest BCUT2D eigenvalue weighted by molar-refractivity contribution is 5.86. The second-order valence-corrected chi connectivity index (χ2v) is 7.96. The van der Waals surface area contributed by atoms with Gasteiger partial charge in [-0.25, -0.2) is 9.59 Å². The number of carbonyl (C=O) groups is 3. The van der Waals surface area contributed by atoms with Crippen LogP contribution in [0.3, 0.4) is 0 Å². The maximum absolute atomic E-state index is 12.2. The highest BCUT2D eigenvalue weighted by Gasteiger charge is 2.32. The number of nitrogens with zero attached hydrogens (tertiary/aromatic N) is 1. The quantitative estimate of drug-likeness (QED) is 0.418. The van der Waals surface area contributed by atoms with Crippen LogP contribution in [0.15, 0.2) is 0 Å². The van der Waals surface area contributed by atoms with Crippen LogP contribution in [-0.2, 0) is 23.8 Å². The van der Waals surface area contributed by atoms with Gasteiger partial charge >= 0.3 is 12.2 Å². The minimum absolute atomic E-state index is 0.0524. The number of ether oxygens (including phenoxy) is 3. The molecule has 0 aliphatic heterocycles. The third kappa shape index (κ3) is 14.2. The maximum Gasteiger partial charge on any atom is 0.444 e. The second kappa shape index (κ2) is 12.5. The number of hydrogen-bond donors (Lipinski definition) is 2. The molecule has 3 amide bonds. The Labute approximate surface area is 167 Å². The molecule has 10 heteroatoms. The molecule has 0 unspecified atom stereocenters. The fourth-order valence-electron chi connectivity index (χ4n) is 1.70. The SMILES string of the molecule is COCCNC(=O)CNCCCON(C(=O)OC(C)(C)C)C(=O)OC(C)(C)C. The van der Waals surface area contributed by atoms with Gasteiger partial charge in [0.1, 0.15) is 11.2 Å². The van der Waals surface area contributed by atoms with Crippen molar-refractivity contribution in [1.29, 1.82) is 0 Å². The van der Waals surface area contributed by atoms with E-state index in [9.17, 15) is 14.4 Å². The molecule has 28 heavy (non-hydrogen) atoms. The van der Waals surface area contributed by atoms with Gasteiger partial charge in [-0.3, -0.25) is 9.63 Å². The number of hydrogen-bond acceptors (Lipinski definition) is 8. The van der Waals surface area contributed by atoms with E-state index in [-0.39, 0.29) is 19.1 Å². The highest BCUT2D eigenvalue weighted by atomic mass is 16.8. The van der Waals surface area contributed by atoms with Gasteiger partial charge < -0.3 is 24.8 Å². The summed E-state index contributed by atoms with van der Waals surface area (Å²) in [5.74, 6) is -0.151. The van der Waals surface area contributed by atoms with E-state index < -0.39 is 23.4 Å². The predicted octanol–water partition coefficient (Wildman–Crippen LogP) is 1.83. The number of rotatable bonds is 10. The molecule has 2 N–H and O–H groups in total. The van der Waals surface area contributed by atoms with Gasteiger partial charge in [-0.1, -0.05) is 5.06 Å². The Balaban J connectivity index is 4.40. The Morgan fingerprint density at radius 3 is 1.86 bits per heavy atom. The first kappa shape index (κ1) is 26.1. The van der Waals surface area contributed by atoms with Crippen LogP contribution < -0.4 is 10.6 Å². The number of methoxy groups -OCH3 is 1. The third-order valence-corrected chi connectivity index (χ3v) is 2.75. The molecule has 0 heterocycles. The van der Waals surface area contributed by atoms with Gasteiger partial charge in [-0.15, -0.1) is 0 Å². The Bertz CT molecular complexity index is 470. The molecule has 0 atom stereocenters. The monoisotopic (exact) mass is 405 g/mol. The Hall–Kier alpha value is -1.91. The minimum atomic E-state index is -0.952. The molecule has 0 rings (SSSR count).